The van der Waals surface area contributed by atoms with E-state index in [1.54, 1.807) is 36.4 Å². The van der Waals surface area contributed by atoms with E-state index < -0.39 is 10.1 Å². The number of aromatic amines is 1. The van der Waals surface area contributed by atoms with Crippen molar-refractivity contribution in [1.29, 1.82) is 0 Å². The van der Waals surface area contributed by atoms with Gasteiger partial charge in [-0.2, -0.15) is 8.42 Å². The summed E-state index contributed by atoms with van der Waals surface area (Å²) < 4.78 is 31.7. The first kappa shape index (κ1) is 25.6. The quantitative estimate of drug-likeness (QED) is 0.191. The van der Waals surface area contributed by atoms with Gasteiger partial charge in [0, 0.05) is 16.3 Å². The molecular weight excluding hydrogens is 470 g/mol. The molecular formula is C30H33NO4S. The second-order valence-corrected chi connectivity index (χ2v) is 11.3. The molecule has 6 heteroatoms. The van der Waals surface area contributed by atoms with E-state index in [9.17, 15) is 13.5 Å². The highest BCUT2D eigenvalue weighted by molar-refractivity contribution is 7.87. The third-order valence-electron chi connectivity index (χ3n) is 6.33. The molecule has 0 unspecified atom stereocenters. The van der Waals surface area contributed by atoms with Gasteiger partial charge in [0.2, 0.25) is 0 Å². The smallest absolute Gasteiger partial charge is 0.339 e. The molecule has 5 nitrogen and oxygen atoms in total. The minimum Gasteiger partial charge on any atom is -0.508 e. The van der Waals surface area contributed by atoms with E-state index in [0.29, 0.717) is 11.9 Å². The zero-order chi connectivity index (χ0) is 26.0. The first-order chi connectivity index (χ1) is 17.0. The molecule has 0 radical (unpaired) electrons. The molecule has 0 fully saturated rings. The molecule has 1 heterocycles. The van der Waals surface area contributed by atoms with E-state index in [-0.39, 0.29) is 16.4 Å². The minimum absolute atomic E-state index is 0.103. The lowest BCUT2D eigenvalue weighted by molar-refractivity contribution is 0.470. The van der Waals surface area contributed by atoms with Crippen LogP contribution in [-0.2, 0) is 16.5 Å². The van der Waals surface area contributed by atoms with Gasteiger partial charge in [-0.3, -0.25) is 0 Å². The van der Waals surface area contributed by atoms with Gasteiger partial charge in [0.05, 0.1) is 11.0 Å². The minimum atomic E-state index is -4.01. The molecule has 0 amide bonds. The van der Waals surface area contributed by atoms with Crippen LogP contribution in [0, 0.1) is 13.8 Å². The second-order valence-electron chi connectivity index (χ2n) is 9.72. The van der Waals surface area contributed by atoms with E-state index in [4.69, 9.17) is 4.18 Å². The van der Waals surface area contributed by atoms with Crippen molar-refractivity contribution in [3.05, 3.63) is 88.5 Å². The molecule has 3 aromatic carbocycles. The van der Waals surface area contributed by atoms with Crippen LogP contribution in [0.4, 0.5) is 0 Å². The standard InChI is InChI=1S/C30H33NO4S/c1-19(2)7-6-8-20(3)11-14-25-27(32)16-15-24-26-17-22(5)18-28(30(26)31-29(24)25)35-36(33,34)23-12-9-21(4)10-13-23/h7,9-13,15-18,31-32H,6,8,14H2,1-5H3. The molecule has 0 aliphatic carbocycles. The van der Waals surface area contributed by atoms with Crippen molar-refractivity contribution in [3.8, 4) is 11.5 Å². The zero-order valence-corrected chi connectivity index (χ0v) is 22.3. The first-order valence-electron chi connectivity index (χ1n) is 12.1. The highest BCUT2D eigenvalue weighted by atomic mass is 32.2. The Morgan fingerprint density at radius 1 is 0.917 bits per heavy atom. The molecule has 0 spiro atoms. The van der Waals surface area contributed by atoms with Crippen molar-refractivity contribution in [3.63, 3.8) is 0 Å². The van der Waals surface area contributed by atoms with Gasteiger partial charge in [-0.05, 0) is 95.8 Å². The summed E-state index contributed by atoms with van der Waals surface area (Å²) >= 11 is 0. The van der Waals surface area contributed by atoms with E-state index >= 15 is 0 Å². The summed E-state index contributed by atoms with van der Waals surface area (Å²) in [5, 5.41) is 12.5. The van der Waals surface area contributed by atoms with Crippen LogP contribution in [0.3, 0.4) is 0 Å². The van der Waals surface area contributed by atoms with Crippen molar-refractivity contribution in [1.82, 2.24) is 4.98 Å². The fraction of sp³-hybridized carbons (Fsp3) is 0.267. The predicted octanol–water partition coefficient (Wildman–Crippen LogP) is 7.65. The number of aromatic hydroxyl groups is 1. The van der Waals surface area contributed by atoms with Crippen molar-refractivity contribution < 1.29 is 17.7 Å². The van der Waals surface area contributed by atoms with Crippen LogP contribution in [0.5, 0.6) is 11.5 Å². The van der Waals surface area contributed by atoms with Gasteiger partial charge >= 0.3 is 10.1 Å². The molecule has 0 bridgehead atoms. The summed E-state index contributed by atoms with van der Waals surface area (Å²) in [4.78, 5) is 3.46. The topological polar surface area (TPSA) is 79.4 Å². The highest BCUT2D eigenvalue weighted by Crippen LogP contribution is 2.38. The van der Waals surface area contributed by atoms with Gasteiger partial charge in [0.1, 0.15) is 10.6 Å². The van der Waals surface area contributed by atoms with E-state index in [1.165, 1.54) is 11.1 Å². The van der Waals surface area contributed by atoms with E-state index in [0.717, 1.165) is 45.8 Å². The monoisotopic (exact) mass is 503 g/mol. The SMILES string of the molecule is CC(C)=CCCC(C)=CCc1c(O)ccc2c1[nH]c1c(OS(=O)(=O)c3ccc(C)cc3)cc(C)cc12. The molecule has 36 heavy (non-hydrogen) atoms. The largest absolute Gasteiger partial charge is 0.508 e. The fourth-order valence-electron chi connectivity index (χ4n) is 4.33. The van der Waals surface area contributed by atoms with Crippen molar-refractivity contribution in [2.75, 3.05) is 0 Å². The first-order valence-corrected chi connectivity index (χ1v) is 13.5. The Hall–Kier alpha value is -3.51. The van der Waals surface area contributed by atoms with Gasteiger partial charge < -0.3 is 14.3 Å². The van der Waals surface area contributed by atoms with E-state index in [1.807, 2.05) is 26.0 Å². The molecule has 0 saturated carbocycles. The van der Waals surface area contributed by atoms with Gasteiger partial charge in [-0.25, -0.2) is 0 Å². The third-order valence-corrected chi connectivity index (χ3v) is 7.58. The lowest BCUT2D eigenvalue weighted by Crippen LogP contribution is -2.10. The van der Waals surface area contributed by atoms with Crippen LogP contribution in [0.25, 0.3) is 21.8 Å². The maximum absolute atomic E-state index is 13.0. The lowest BCUT2D eigenvalue weighted by atomic mass is 10.0. The van der Waals surface area contributed by atoms with E-state index in [2.05, 4.69) is 37.9 Å². The number of allylic oxidation sites excluding steroid dienone is 4. The maximum Gasteiger partial charge on any atom is 0.339 e. The van der Waals surface area contributed by atoms with Gasteiger partial charge in [0.25, 0.3) is 0 Å². The number of hydrogen-bond acceptors (Lipinski definition) is 4. The van der Waals surface area contributed by atoms with Crippen molar-refractivity contribution in [2.24, 2.45) is 0 Å². The zero-order valence-electron chi connectivity index (χ0n) is 21.5. The summed E-state index contributed by atoms with van der Waals surface area (Å²) in [5.74, 6) is 0.439. The number of phenols is 1. The number of hydrogen-bond donors (Lipinski definition) is 2. The van der Waals surface area contributed by atoms with Crippen molar-refractivity contribution >= 4 is 31.9 Å². The molecule has 0 atom stereocenters. The van der Waals surface area contributed by atoms with Gasteiger partial charge in [-0.1, -0.05) is 41.0 Å². The predicted molar refractivity (Wildman–Crippen MR) is 147 cm³/mol. The van der Waals surface area contributed by atoms with Crippen LogP contribution >= 0.6 is 0 Å². The number of H-pyrrole nitrogens is 1. The lowest BCUT2D eigenvalue weighted by Gasteiger charge is -2.09. The molecule has 1 aromatic heterocycles. The summed E-state index contributed by atoms with van der Waals surface area (Å²) in [6.07, 6.45) is 6.88. The number of aromatic nitrogens is 1. The van der Waals surface area contributed by atoms with Crippen molar-refractivity contribution in [2.45, 2.75) is 58.8 Å². The average Bonchev–Trinajstić information content (AvgIpc) is 3.17. The normalized spacial score (nSPS) is 12.3. The highest BCUT2D eigenvalue weighted by Gasteiger charge is 2.21. The number of phenolic OH excluding ortho intramolecular Hbond substituents is 1. The Morgan fingerprint density at radius 2 is 1.64 bits per heavy atom. The summed E-state index contributed by atoms with van der Waals surface area (Å²) in [6.45, 7) is 10.1. The third kappa shape index (κ3) is 5.49. The number of nitrogens with one attached hydrogen (secondary N) is 1. The van der Waals surface area contributed by atoms with Gasteiger partial charge in [0.15, 0.2) is 5.75 Å². The Bertz CT molecular complexity index is 1590. The number of fused-ring (bicyclic) bond motifs is 3. The molecule has 2 N–H and O–H groups in total. The van der Waals surface area contributed by atoms with Crippen LogP contribution in [0.15, 0.2) is 76.7 Å². The molecule has 0 aliphatic heterocycles. The van der Waals surface area contributed by atoms with Crippen LogP contribution < -0.4 is 4.18 Å². The van der Waals surface area contributed by atoms with Crippen LogP contribution in [0.1, 0.15) is 50.3 Å². The van der Waals surface area contributed by atoms with Crippen LogP contribution in [0.2, 0.25) is 0 Å². The molecule has 4 rings (SSSR count). The molecule has 188 valence electrons. The Labute approximate surface area is 213 Å². The summed E-state index contributed by atoms with van der Waals surface area (Å²) in [6, 6.07) is 13.9. The molecule has 4 aromatic rings. The maximum atomic E-state index is 13.0. The number of rotatable bonds is 8. The number of benzene rings is 3. The Balaban J connectivity index is 1.75. The fourth-order valence-corrected chi connectivity index (χ4v) is 5.27. The summed E-state index contributed by atoms with van der Waals surface area (Å²) in [5.41, 5.74) is 6.54. The van der Waals surface area contributed by atoms with Gasteiger partial charge in [-0.15, -0.1) is 0 Å². The Kier molecular flexibility index (Phi) is 7.27. The summed E-state index contributed by atoms with van der Waals surface area (Å²) in [7, 11) is -4.01. The molecule has 0 aliphatic rings. The van der Waals surface area contributed by atoms with Crippen LogP contribution in [-0.4, -0.2) is 18.5 Å². The average molecular weight is 504 g/mol. The molecule has 0 saturated heterocycles. The number of aryl methyl sites for hydroxylation is 2. The second kappa shape index (κ2) is 10.2. The Morgan fingerprint density at radius 3 is 2.33 bits per heavy atom.